The molecular weight excluding hydrogens is 275 g/mol. The molecule has 0 saturated carbocycles. The average molecular weight is 284 g/mol. The van der Waals surface area contributed by atoms with Gasteiger partial charge in [-0.2, -0.15) is 13.2 Å². The number of ketones is 1. The number of halogens is 4. The van der Waals surface area contributed by atoms with Crippen molar-refractivity contribution in [3.8, 4) is 0 Å². The first-order valence-corrected chi connectivity index (χ1v) is 5.80. The second-order valence-electron chi connectivity index (χ2n) is 3.25. The highest BCUT2D eigenvalue weighted by molar-refractivity contribution is 8.00. The molecule has 0 radical (unpaired) electrons. The van der Waals surface area contributed by atoms with Crippen molar-refractivity contribution in [2.75, 3.05) is 5.73 Å². The normalized spacial score (nSPS) is 13.5. The zero-order chi connectivity index (χ0) is 13.2. The number of Topliss-reactive ketones (excluding diaryl/α,β-unsaturated/α-hetero) is 1. The Balaban J connectivity index is 3.12. The fourth-order valence-electron chi connectivity index (χ4n) is 1.19. The summed E-state index contributed by atoms with van der Waals surface area (Å²) in [6, 6.07) is 3.91. The molecule has 0 heterocycles. The van der Waals surface area contributed by atoms with E-state index in [0.29, 0.717) is 0 Å². The van der Waals surface area contributed by atoms with E-state index >= 15 is 0 Å². The molecule has 1 atom stereocenters. The lowest BCUT2D eigenvalue weighted by Crippen LogP contribution is -2.13. The first-order valence-electron chi connectivity index (χ1n) is 4.55. The molecule has 94 valence electrons. The van der Waals surface area contributed by atoms with Crippen LogP contribution in [0.4, 0.5) is 18.9 Å². The lowest BCUT2D eigenvalue weighted by molar-refractivity contribution is -0.0328. The summed E-state index contributed by atoms with van der Waals surface area (Å²) in [5.41, 5.74) is 0.915. The zero-order valence-electron chi connectivity index (χ0n) is 8.72. The Bertz CT molecular complexity index is 434. The number of hydrogen-bond donors (Lipinski definition) is 1. The number of benzene rings is 1. The van der Waals surface area contributed by atoms with Gasteiger partial charge < -0.3 is 5.73 Å². The lowest BCUT2D eigenvalue weighted by Gasteiger charge is -2.12. The van der Waals surface area contributed by atoms with Crippen molar-refractivity contribution in [3.63, 3.8) is 0 Å². The summed E-state index contributed by atoms with van der Waals surface area (Å²) in [6.45, 7) is 1.44. The molecule has 0 saturated heterocycles. The second kappa shape index (κ2) is 5.18. The minimum absolute atomic E-state index is 0.0155. The molecule has 0 amide bonds. The molecule has 7 heteroatoms. The van der Waals surface area contributed by atoms with Crippen LogP contribution in [-0.2, 0) is 0 Å². The maximum atomic E-state index is 12.2. The number of carbonyl (C=O) groups excluding carboxylic acids is 1. The number of nitrogens with two attached hydrogens (primary N) is 1. The van der Waals surface area contributed by atoms with E-state index in [-0.39, 0.29) is 27.9 Å². The molecule has 17 heavy (non-hydrogen) atoms. The highest BCUT2D eigenvalue weighted by Gasteiger charge is 2.31. The van der Waals surface area contributed by atoms with Gasteiger partial charge >= 0.3 is 5.51 Å². The maximum absolute atomic E-state index is 12.2. The SMILES string of the molecule is CC(Cl)C(=O)c1cccc(SC(F)(F)F)c1N. The average Bonchev–Trinajstić information content (AvgIpc) is 2.18. The van der Waals surface area contributed by atoms with Crippen molar-refractivity contribution in [2.45, 2.75) is 22.7 Å². The van der Waals surface area contributed by atoms with E-state index in [1.54, 1.807) is 0 Å². The van der Waals surface area contributed by atoms with Gasteiger partial charge in [0.05, 0.1) is 11.1 Å². The molecule has 1 aromatic carbocycles. The standard InChI is InChI=1S/C10H9ClF3NOS/c1-5(11)9(16)6-3-2-4-7(8(6)15)17-10(12,13)14/h2-5H,15H2,1H3. The largest absolute Gasteiger partial charge is 0.446 e. The predicted molar refractivity (Wildman–Crippen MR) is 62.4 cm³/mol. The fourth-order valence-corrected chi connectivity index (χ4v) is 1.92. The van der Waals surface area contributed by atoms with Crippen molar-refractivity contribution in [1.29, 1.82) is 0 Å². The van der Waals surface area contributed by atoms with Gasteiger partial charge in [-0.15, -0.1) is 11.6 Å². The van der Waals surface area contributed by atoms with E-state index < -0.39 is 16.7 Å². The van der Waals surface area contributed by atoms with E-state index in [1.165, 1.54) is 25.1 Å². The molecule has 0 aliphatic carbocycles. The van der Waals surface area contributed by atoms with Crippen LogP contribution in [0.1, 0.15) is 17.3 Å². The smallest absolute Gasteiger partial charge is 0.397 e. The van der Waals surface area contributed by atoms with Crippen LogP contribution in [-0.4, -0.2) is 16.7 Å². The van der Waals surface area contributed by atoms with Crippen molar-refractivity contribution in [1.82, 2.24) is 0 Å². The minimum atomic E-state index is -4.44. The first-order chi connectivity index (χ1) is 7.72. The van der Waals surface area contributed by atoms with Crippen LogP contribution in [0.25, 0.3) is 0 Å². The molecule has 1 rings (SSSR count). The van der Waals surface area contributed by atoms with Gasteiger partial charge in [0.2, 0.25) is 0 Å². The molecule has 0 fully saturated rings. The van der Waals surface area contributed by atoms with Crippen LogP contribution < -0.4 is 5.73 Å². The minimum Gasteiger partial charge on any atom is -0.397 e. The second-order valence-corrected chi connectivity index (χ2v) is 5.01. The van der Waals surface area contributed by atoms with Gasteiger partial charge in [0, 0.05) is 10.5 Å². The van der Waals surface area contributed by atoms with Gasteiger partial charge in [-0.3, -0.25) is 4.79 Å². The molecule has 0 aliphatic heterocycles. The molecule has 2 N–H and O–H groups in total. The van der Waals surface area contributed by atoms with E-state index in [2.05, 4.69) is 0 Å². The number of para-hydroxylation sites is 1. The number of rotatable bonds is 3. The highest BCUT2D eigenvalue weighted by Crippen LogP contribution is 2.40. The quantitative estimate of drug-likeness (QED) is 0.398. The Morgan fingerprint density at radius 2 is 2.06 bits per heavy atom. The van der Waals surface area contributed by atoms with Gasteiger partial charge in [0.15, 0.2) is 5.78 Å². The van der Waals surface area contributed by atoms with Gasteiger partial charge in [-0.05, 0) is 30.8 Å². The summed E-state index contributed by atoms with van der Waals surface area (Å²) in [5, 5.41) is -0.830. The van der Waals surface area contributed by atoms with Crippen LogP contribution in [0.15, 0.2) is 23.1 Å². The van der Waals surface area contributed by atoms with Crippen LogP contribution in [0.5, 0.6) is 0 Å². The molecule has 1 aromatic rings. The summed E-state index contributed by atoms with van der Waals surface area (Å²) in [5.74, 6) is -0.492. The molecule has 1 unspecified atom stereocenters. The number of thioether (sulfide) groups is 1. The van der Waals surface area contributed by atoms with E-state index in [9.17, 15) is 18.0 Å². The zero-order valence-corrected chi connectivity index (χ0v) is 10.3. The molecular formula is C10H9ClF3NOS. The number of anilines is 1. The summed E-state index contributed by atoms with van der Waals surface area (Å²) in [7, 11) is 0. The third-order valence-electron chi connectivity index (χ3n) is 1.92. The Morgan fingerprint density at radius 1 is 1.47 bits per heavy atom. The summed E-state index contributed by atoms with van der Waals surface area (Å²) in [6.07, 6.45) is 0. The van der Waals surface area contributed by atoms with E-state index in [0.717, 1.165) is 0 Å². The van der Waals surface area contributed by atoms with Gasteiger partial charge in [0.1, 0.15) is 0 Å². The fraction of sp³-hybridized carbons (Fsp3) is 0.300. The van der Waals surface area contributed by atoms with Gasteiger partial charge in [-0.1, -0.05) is 6.07 Å². The Hall–Kier alpha value is -0.880. The molecule has 0 aliphatic rings. The first kappa shape index (κ1) is 14.2. The van der Waals surface area contributed by atoms with Crippen LogP contribution in [0.2, 0.25) is 0 Å². The van der Waals surface area contributed by atoms with Crippen LogP contribution >= 0.6 is 23.4 Å². The molecule has 2 nitrogen and oxygen atoms in total. The Morgan fingerprint density at radius 3 is 2.53 bits per heavy atom. The molecule has 0 spiro atoms. The third-order valence-corrected chi connectivity index (χ3v) is 2.92. The van der Waals surface area contributed by atoms with Crippen molar-refractivity contribution in [3.05, 3.63) is 23.8 Å². The number of hydrogen-bond acceptors (Lipinski definition) is 3. The highest BCUT2D eigenvalue weighted by atomic mass is 35.5. The van der Waals surface area contributed by atoms with Gasteiger partial charge in [-0.25, -0.2) is 0 Å². The van der Waals surface area contributed by atoms with Gasteiger partial charge in [0.25, 0.3) is 0 Å². The lowest BCUT2D eigenvalue weighted by atomic mass is 10.1. The number of carbonyl (C=O) groups is 1. The number of alkyl halides is 4. The molecule has 0 bridgehead atoms. The third kappa shape index (κ3) is 3.81. The van der Waals surface area contributed by atoms with Crippen molar-refractivity contribution < 1.29 is 18.0 Å². The van der Waals surface area contributed by atoms with Crippen LogP contribution in [0, 0.1) is 0 Å². The topological polar surface area (TPSA) is 43.1 Å². The van der Waals surface area contributed by atoms with Crippen molar-refractivity contribution >= 4 is 34.8 Å². The Kier molecular flexibility index (Phi) is 4.32. The molecule has 0 aromatic heterocycles. The summed E-state index contributed by atoms with van der Waals surface area (Å²) >= 11 is 5.24. The maximum Gasteiger partial charge on any atom is 0.446 e. The monoisotopic (exact) mass is 283 g/mol. The van der Waals surface area contributed by atoms with Crippen molar-refractivity contribution in [2.24, 2.45) is 0 Å². The predicted octanol–water partition coefficient (Wildman–Crippen LogP) is 3.69. The van der Waals surface area contributed by atoms with E-state index in [4.69, 9.17) is 17.3 Å². The van der Waals surface area contributed by atoms with E-state index in [1.807, 2.05) is 0 Å². The summed E-state index contributed by atoms with van der Waals surface area (Å²) in [4.78, 5) is 11.4. The number of nitrogen functional groups attached to an aromatic ring is 1. The Labute approximate surface area is 105 Å². The summed E-state index contributed by atoms with van der Waals surface area (Å²) < 4.78 is 36.6. The van der Waals surface area contributed by atoms with Crippen LogP contribution in [0.3, 0.4) is 0 Å².